The van der Waals surface area contributed by atoms with Crippen LogP contribution in [-0.4, -0.2) is 4.98 Å². The van der Waals surface area contributed by atoms with Crippen molar-refractivity contribution < 1.29 is 0 Å². The third-order valence-electron chi connectivity index (χ3n) is 2.33. The van der Waals surface area contributed by atoms with Crippen LogP contribution >= 0.6 is 0 Å². The van der Waals surface area contributed by atoms with Crippen LogP contribution in [0.5, 0.6) is 0 Å². The van der Waals surface area contributed by atoms with Gasteiger partial charge in [-0.1, -0.05) is 30.3 Å². The normalized spacial score (nSPS) is 10.1. The van der Waals surface area contributed by atoms with Gasteiger partial charge in [0.25, 0.3) is 0 Å². The van der Waals surface area contributed by atoms with Gasteiger partial charge in [0.05, 0.1) is 0 Å². The van der Waals surface area contributed by atoms with E-state index in [4.69, 9.17) is 0 Å². The predicted octanol–water partition coefficient (Wildman–Crippen LogP) is 3.37. The molecule has 14 heavy (non-hydrogen) atoms. The minimum Gasteiger partial charge on any atom is -0.261 e. The molecule has 0 N–H and O–H groups in total. The van der Waals surface area contributed by atoms with Crippen molar-refractivity contribution in [2.75, 3.05) is 0 Å². The van der Waals surface area contributed by atoms with Gasteiger partial charge in [-0.15, -0.1) is 0 Å². The Bertz CT molecular complexity index is 432. The molecule has 1 heteroatoms. The van der Waals surface area contributed by atoms with Crippen molar-refractivity contribution in [1.82, 2.24) is 4.98 Å². The molecule has 1 aromatic carbocycles. The van der Waals surface area contributed by atoms with E-state index in [1.54, 1.807) is 0 Å². The van der Waals surface area contributed by atoms with E-state index in [-0.39, 0.29) is 0 Å². The van der Waals surface area contributed by atoms with Crippen LogP contribution in [0.2, 0.25) is 0 Å². The van der Waals surface area contributed by atoms with Crippen molar-refractivity contribution in [3.63, 3.8) is 0 Å². The van der Waals surface area contributed by atoms with Gasteiger partial charge in [0, 0.05) is 17.5 Å². The Morgan fingerprint density at radius 2 is 1.71 bits per heavy atom. The van der Waals surface area contributed by atoms with Crippen LogP contribution < -0.4 is 0 Å². The predicted molar refractivity (Wildman–Crippen MR) is 59.1 cm³/mol. The van der Waals surface area contributed by atoms with Crippen molar-refractivity contribution in [3.8, 4) is 11.1 Å². The van der Waals surface area contributed by atoms with E-state index in [1.807, 2.05) is 19.2 Å². The van der Waals surface area contributed by atoms with Crippen LogP contribution in [0.25, 0.3) is 11.1 Å². The molecule has 0 saturated carbocycles. The third kappa shape index (κ3) is 1.67. The zero-order valence-electron chi connectivity index (χ0n) is 8.49. The molecule has 0 atom stereocenters. The summed E-state index contributed by atoms with van der Waals surface area (Å²) in [6.07, 6.45) is 1.94. The summed E-state index contributed by atoms with van der Waals surface area (Å²) in [5, 5.41) is 0. The molecule has 0 unspecified atom stereocenters. The maximum atomic E-state index is 4.32. The monoisotopic (exact) mass is 183 g/mol. The van der Waals surface area contributed by atoms with Crippen molar-refractivity contribution in [1.29, 1.82) is 0 Å². The Morgan fingerprint density at radius 3 is 2.36 bits per heavy atom. The van der Waals surface area contributed by atoms with Gasteiger partial charge in [0.2, 0.25) is 0 Å². The molecule has 0 fully saturated rings. The van der Waals surface area contributed by atoms with Crippen molar-refractivity contribution in [2.24, 2.45) is 0 Å². The lowest BCUT2D eigenvalue weighted by Crippen LogP contribution is -1.87. The van der Waals surface area contributed by atoms with Crippen molar-refractivity contribution >= 4 is 0 Å². The Labute approximate surface area is 84.4 Å². The van der Waals surface area contributed by atoms with Crippen LogP contribution in [-0.2, 0) is 0 Å². The number of pyridine rings is 1. The summed E-state index contributed by atoms with van der Waals surface area (Å²) in [4.78, 5) is 4.32. The lowest BCUT2D eigenvalue weighted by atomic mass is 10.0. The molecular weight excluding hydrogens is 170 g/mol. The van der Waals surface area contributed by atoms with Crippen LogP contribution in [0.3, 0.4) is 0 Å². The van der Waals surface area contributed by atoms with Crippen molar-refractivity contribution in [2.45, 2.75) is 13.8 Å². The molecule has 0 spiro atoms. The zero-order chi connectivity index (χ0) is 9.97. The summed E-state index contributed by atoms with van der Waals surface area (Å²) in [5.41, 5.74) is 4.81. The van der Waals surface area contributed by atoms with Crippen LogP contribution in [0.15, 0.2) is 42.6 Å². The highest BCUT2D eigenvalue weighted by Gasteiger charge is 2.00. The number of benzene rings is 1. The summed E-state index contributed by atoms with van der Waals surface area (Å²) < 4.78 is 0. The van der Waals surface area contributed by atoms with Gasteiger partial charge in [-0.05, 0) is 31.0 Å². The molecule has 0 radical (unpaired) electrons. The van der Waals surface area contributed by atoms with Gasteiger partial charge in [0.1, 0.15) is 0 Å². The Kier molecular flexibility index (Phi) is 2.32. The quantitative estimate of drug-likeness (QED) is 0.660. The molecule has 70 valence electrons. The highest BCUT2D eigenvalue weighted by molar-refractivity contribution is 5.66. The molecular formula is C13H13N. The Hall–Kier alpha value is -1.63. The first-order valence-electron chi connectivity index (χ1n) is 4.76. The summed E-state index contributed by atoms with van der Waals surface area (Å²) in [5.74, 6) is 0. The largest absolute Gasteiger partial charge is 0.261 e. The third-order valence-corrected chi connectivity index (χ3v) is 2.33. The minimum absolute atomic E-state index is 1.07. The molecule has 1 nitrogen and oxygen atoms in total. The van der Waals surface area contributed by atoms with Crippen LogP contribution in [0, 0.1) is 13.8 Å². The van der Waals surface area contributed by atoms with Gasteiger partial charge in [-0.3, -0.25) is 4.98 Å². The van der Waals surface area contributed by atoms with E-state index in [1.165, 1.54) is 16.7 Å². The van der Waals surface area contributed by atoms with Gasteiger partial charge < -0.3 is 0 Å². The number of hydrogen-bond donors (Lipinski definition) is 0. The van der Waals surface area contributed by atoms with E-state index < -0.39 is 0 Å². The number of aromatic nitrogens is 1. The first-order valence-corrected chi connectivity index (χ1v) is 4.76. The average molecular weight is 183 g/mol. The fourth-order valence-electron chi connectivity index (χ4n) is 1.62. The second-order valence-corrected chi connectivity index (χ2v) is 3.51. The molecule has 0 aliphatic rings. The molecule has 0 aliphatic carbocycles. The SMILES string of the molecule is Cc1cc(C)c(-c2ccccc2)cn1. The lowest BCUT2D eigenvalue weighted by Gasteiger charge is -2.05. The van der Waals surface area contributed by atoms with Crippen LogP contribution in [0.1, 0.15) is 11.3 Å². The fourth-order valence-corrected chi connectivity index (χ4v) is 1.62. The average Bonchev–Trinajstić information content (AvgIpc) is 2.19. The first-order chi connectivity index (χ1) is 6.77. The van der Waals surface area contributed by atoms with E-state index in [0.29, 0.717) is 0 Å². The molecule has 0 saturated heterocycles. The highest BCUT2D eigenvalue weighted by Crippen LogP contribution is 2.22. The summed E-state index contributed by atoms with van der Waals surface area (Å²) in [6.45, 7) is 4.14. The number of nitrogens with zero attached hydrogens (tertiary/aromatic N) is 1. The second kappa shape index (κ2) is 3.62. The molecule has 1 heterocycles. The molecule has 2 rings (SSSR count). The van der Waals surface area contributed by atoms with Gasteiger partial charge in [-0.25, -0.2) is 0 Å². The van der Waals surface area contributed by atoms with Gasteiger partial charge >= 0.3 is 0 Å². The smallest absolute Gasteiger partial charge is 0.0375 e. The Morgan fingerprint density at radius 1 is 1.00 bits per heavy atom. The van der Waals surface area contributed by atoms with Crippen molar-refractivity contribution in [3.05, 3.63) is 53.9 Å². The van der Waals surface area contributed by atoms with E-state index in [0.717, 1.165) is 5.69 Å². The number of rotatable bonds is 1. The lowest BCUT2D eigenvalue weighted by molar-refractivity contribution is 1.18. The van der Waals surface area contributed by atoms with Gasteiger partial charge in [-0.2, -0.15) is 0 Å². The summed E-state index contributed by atoms with van der Waals surface area (Å²) >= 11 is 0. The van der Waals surface area contributed by atoms with Crippen LogP contribution in [0.4, 0.5) is 0 Å². The van der Waals surface area contributed by atoms with E-state index in [9.17, 15) is 0 Å². The summed E-state index contributed by atoms with van der Waals surface area (Å²) in [6, 6.07) is 12.5. The summed E-state index contributed by atoms with van der Waals surface area (Å²) in [7, 11) is 0. The van der Waals surface area contributed by atoms with Gasteiger partial charge in [0.15, 0.2) is 0 Å². The molecule has 2 aromatic rings. The zero-order valence-corrected chi connectivity index (χ0v) is 8.49. The fraction of sp³-hybridized carbons (Fsp3) is 0.154. The van der Waals surface area contributed by atoms with E-state index >= 15 is 0 Å². The maximum absolute atomic E-state index is 4.32. The molecule has 0 amide bonds. The first kappa shape index (κ1) is 8.95. The topological polar surface area (TPSA) is 12.9 Å². The molecule has 0 aliphatic heterocycles. The maximum Gasteiger partial charge on any atom is 0.0375 e. The Balaban J connectivity index is 2.53. The second-order valence-electron chi connectivity index (χ2n) is 3.51. The highest BCUT2D eigenvalue weighted by atomic mass is 14.7. The molecule has 0 bridgehead atoms. The van der Waals surface area contributed by atoms with E-state index in [2.05, 4.69) is 42.2 Å². The number of hydrogen-bond acceptors (Lipinski definition) is 1. The standard InChI is InChI=1S/C13H13N/c1-10-8-11(2)14-9-13(10)12-6-4-3-5-7-12/h3-9H,1-2H3. The number of aryl methyl sites for hydroxylation is 2. The molecule has 1 aromatic heterocycles. The minimum atomic E-state index is 1.07.